The first-order valence-corrected chi connectivity index (χ1v) is 8.06. The molecule has 1 fully saturated rings. The second-order valence-electron chi connectivity index (χ2n) is 5.76. The zero-order chi connectivity index (χ0) is 15.9. The number of likely N-dealkylation sites (tertiary alicyclic amines) is 1. The van der Waals surface area contributed by atoms with Crippen LogP contribution >= 0.6 is 0 Å². The van der Waals surface area contributed by atoms with Gasteiger partial charge in [-0.2, -0.15) is 5.26 Å². The van der Waals surface area contributed by atoms with E-state index in [0.29, 0.717) is 19.1 Å². The summed E-state index contributed by atoms with van der Waals surface area (Å²) in [7, 11) is 0. The molecule has 1 aliphatic heterocycles. The van der Waals surface area contributed by atoms with Crippen LogP contribution in [0.2, 0.25) is 0 Å². The molecule has 118 valence electrons. The molecule has 0 saturated carbocycles. The van der Waals surface area contributed by atoms with Crippen LogP contribution in [0.3, 0.4) is 0 Å². The van der Waals surface area contributed by atoms with Crippen LogP contribution in [0.25, 0.3) is 0 Å². The summed E-state index contributed by atoms with van der Waals surface area (Å²) in [6.07, 6.45) is 2.41. The lowest BCUT2D eigenvalue weighted by molar-refractivity contribution is -0.149. The third kappa shape index (κ3) is 3.66. The molecule has 0 radical (unpaired) electrons. The van der Waals surface area contributed by atoms with E-state index in [1.807, 2.05) is 25.1 Å². The monoisotopic (exact) mass is 300 g/mol. The van der Waals surface area contributed by atoms with Gasteiger partial charge in [-0.15, -0.1) is 0 Å². The maximum absolute atomic E-state index is 11.8. The minimum atomic E-state index is -0.193. The number of carbonyl (C=O) groups excluding carboxylic acids is 1. The molecule has 4 heteroatoms. The summed E-state index contributed by atoms with van der Waals surface area (Å²) in [6.45, 7) is 5.12. The molecule has 1 heterocycles. The molecular weight excluding hydrogens is 276 g/mol. The van der Waals surface area contributed by atoms with Gasteiger partial charge in [0.2, 0.25) is 0 Å². The number of ether oxygens (including phenoxy) is 1. The molecule has 0 spiro atoms. The highest BCUT2D eigenvalue weighted by Gasteiger charge is 2.48. The average molecular weight is 300 g/mol. The van der Waals surface area contributed by atoms with Crippen LogP contribution in [0.5, 0.6) is 0 Å². The molecule has 0 unspecified atom stereocenters. The van der Waals surface area contributed by atoms with Gasteiger partial charge in [0.15, 0.2) is 0 Å². The van der Waals surface area contributed by atoms with Crippen LogP contribution in [0.15, 0.2) is 30.3 Å². The molecule has 0 aromatic heterocycles. The van der Waals surface area contributed by atoms with E-state index in [0.717, 1.165) is 19.4 Å². The van der Waals surface area contributed by atoms with Crippen LogP contribution in [-0.2, 0) is 16.1 Å². The number of rotatable bonds is 7. The zero-order valence-electron chi connectivity index (χ0n) is 13.4. The van der Waals surface area contributed by atoms with E-state index in [1.165, 1.54) is 5.56 Å². The predicted molar refractivity (Wildman–Crippen MR) is 84.8 cm³/mol. The minimum Gasteiger partial charge on any atom is -0.466 e. The van der Waals surface area contributed by atoms with Gasteiger partial charge in [0.1, 0.15) is 6.04 Å². The molecule has 0 aliphatic carbocycles. The predicted octanol–water partition coefficient (Wildman–Crippen LogP) is 3.13. The van der Waals surface area contributed by atoms with Crippen LogP contribution in [0, 0.1) is 17.2 Å². The molecular formula is C18H24N2O2. The van der Waals surface area contributed by atoms with Gasteiger partial charge >= 0.3 is 5.97 Å². The molecule has 1 aromatic rings. The van der Waals surface area contributed by atoms with Crippen molar-refractivity contribution in [3.63, 3.8) is 0 Å². The van der Waals surface area contributed by atoms with E-state index >= 15 is 0 Å². The second-order valence-corrected chi connectivity index (χ2v) is 5.76. The number of hydrogen-bond acceptors (Lipinski definition) is 4. The van der Waals surface area contributed by atoms with Crippen LogP contribution < -0.4 is 0 Å². The summed E-state index contributed by atoms with van der Waals surface area (Å²) < 4.78 is 5.05. The maximum Gasteiger partial charge on any atom is 0.306 e. The van der Waals surface area contributed by atoms with Gasteiger partial charge in [-0.05, 0) is 18.9 Å². The van der Waals surface area contributed by atoms with Gasteiger partial charge in [0.25, 0.3) is 0 Å². The maximum atomic E-state index is 11.8. The summed E-state index contributed by atoms with van der Waals surface area (Å²) >= 11 is 0. The van der Waals surface area contributed by atoms with Gasteiger partial charge in [0.05, 0.1) is 19.1 Å². The summed E-state index contributed by atoms with van der Waals surface area (Å²) in [5.74, 6) is -0.0964. The van der Waals surface area contributed by atoms with Crippen molar-refractivity contribution < 1.29 is 9.53 Å². The van der Waals surface area contributed by atoms with Crippen molar-refractivity contribution in [2.45, 2.75) is 51.7 Å². The lowest BCUT2D eigenvalue weighted by Gasteiger charge is -2.52. The summed E-state index contributed by atoms with van der Waals surface area (Å²) in [5, 5.41) is 9.49. The minimum absolute atomic E-state index is 0.0905. The number of nitrogens with zero attached hydrogens (tertiary/aromatic N) is 2. The molecule has 3 atom stereocenters. The highest BCUT2D eigenvalue weighted by molar-refractivity contribution is 5.70. The summed E-state index contributed by atoms with van der Waals surface area (Å²) in [5.41, 5.74) is 1.21. The Kier molecular flexibility index (Phi) is 5.97. The highest BCUT2D eigenvalue weighted by Crippen LogP contribution is 2.38. The fourth-order valence-electron chi connectivity index (χ4n) is 3.32. The lowest BCUT2D eigenvalue weighted by atomic mass is 9.75. The second kappa shape index (κ2) is 7.95. The Bertz CT molecular complexity index is 524. The molecule has 0 amide bonds. The van der Waals surface area contributed by atoms with Gasteiger partial charge in [-0.25, -0.2) is 0 Å². The van der Waals surface area contributed by atoms with Gasteiger partial charge in [-0.1, -0.05) is 43.7 Å². The van der Waals surface area contributed by atoms with Crippen molar-refractivity contribution in [2.24, 2.45) is 5.92 Å². The summed E-state index contributed by atoms with van der Waals surface area (Å²) in [6, 6.07) is 12.7. The first-order valence-electron chi connectivity index (χ1n) is 8.06. The van der Waals surface area contributed by atoms with Crippen LogP contribution in [-0.4, -0.2) is 29.6 Å². The van der Waals surface area contributed by atoms with Gasteiger partial charge in [-0.3, -0.25) is 9.69 Å². The normalized spacial score (nSPS) is 24.3. The zero-order valence-corrected chi connectivity index (χ0v) is 13.4. The van der Waals surface area contributed by atoms with Crippen LogP contribution in [0.1, 0.15) is 38.7 Å². The van der Waals surface area contributed by atoms with Gasteiger partial charge in [0, 0.05) is 18.5 Å². The Labute approximate surface area is 132 Å². The fourth-order valence-corrected chi connectivity index (χ4v) is 3.32. The molecule has 4 nitrogen and oxygen atoms in total. The van der Waals surface area contributed by atoms with E-state index in [2.05, 4.69) is 30.0 Å². The lowest BCUT2D eigenvalue weighted by Crippen LogP contribution is -2.63. The third-order valence-corrected chi connectivity index (χ3v) is 4.32. The largest absolute Gasteiger partial charge is 0.466 e. The van der Waals surface area contributed by atoms with Crippen molar-refractivity contribution in [2.75, 3.05) is 6.61 Å². The smallest absolute Gasteiger partial charge is 0.306 e. The van der Waals surface area contributed by atoms with Crippen molar-refractivity contribution in [3.05, 3.63) is 35.9 Å². The van der Waals surface area contributed by atoms with Crippen molar-refractivity contribution >= 4 is 5.97 Å². The molecule has 1 aliphatic rings. The summed E-state index contributed by atoms with van der Waals surface area (Å²) in [4.78, 5) is 14.0. The highest BCUT2D eigenvalue weighted by atomic mass is 16.5. The van der Waals surface area contributed by atoms with E-state index in [1.54, 1.807) is 0 Å². The molecule has 0 N–H and O–H groups in total. The van der Waals surface area contributed by atoms with Crippen molar-refractivity contribution in [1.82, 2.24) is 4.90 Å². The standard InChI is InChI=1S/C18H24N2O2/c1-3-8-16-15(11-18(21)22-4-2)17(12-19)20(16)13-14-9-6-5-7-10-14/h5-7,9-10,15-17H,3-4,8,11,13H2,1-2H3/t15-,16-,17+/m0/s1. The fraction of sp³-hybridized carbons (Fsp3) is 0.556. The number of nitriles is 1. The Morgan fingerprint density at radius 2 is 2.05 bits per heavy atom. The third-order valence-electron chi connectivity index (χ3n) is 4.32. The SMILES string of the molecule is CCC[C@H]1[C@H](CC(=O)OCC)[C@@H](C#N)N1Cc1ccccc1. The number of benzene rings is 1. The Balaban J connectivity index is 2.06. The first-order chi connectivity index (χ1) is 10.7. The topological polar surface area (TPSA) is 53.3 Å². The van der Waals surface area contributed by atoms with Gasteiger partial charge < -0.3 is 4.74 Å². The molecule has 1 saturated heterocycles. The Hall–Kier alpha value is -1.86. The van der Waals surface area contributed by atoms with E-state index in [-0.39, 0.29) is 17.9 Å². The average Bonchev–Trinajstić information content (AvgIpc) is 2.53. The number of esters is 1. The molecule has 2 rings (SSSR count). The number of hydrogen-bond donors (Lipinski definition) is 0. The van der Waals surface area contributed by atoms with Crippen molar-refractivity contribution in [1.29, 1.82) is 5.26 Å². The Morgan fingerprint density at radius 3 is 2.64 bits per heavy atom. The van der Waals surface area contributed by atoms with Crippen LogP contribution in [0.4, 0.5) is 0 Å². The van der Waals surface area contributed by atoms with E-state index in [4.69, 9.17) is 4.74 Å². The Morgan fingerprint density at radius 1 is 1.32 bits per heavy atom. The first kappa shape index (κ1) is 16.5. The number of carbonyl (C=O) groups is 1. The van der Waals surface area contributed by atoms with E-state index < -0.39 is 0 Å². The molecule has 1 aromatic carbocycles. The quantitative estimate of drug-likeness (QED) is 0.726. The van der Waals surface area contributed by atoms with E-state index in [9.17, 15) is 10.1 Å². The molecule has 0 bridgehead atoms. The van der Waals surface area contributed by atoms with Crippen molar-refractivity contribution in [3.8, 4) is 6.07 Å². The molecule has 22 heavy (non-hydrogen) atoms.